The van der Waals surface area contributed by atoms with Crippen molar-refractivity contribution < 1.29 is 27.5 Å². The first kappa shape index (κ1) is 15.2. The molecule has 0 aromatic heterocycles. The Labute approximate surface area is 118 Å². The zero-order valence-electron chi connectivity index (χ0n) is 10.4. The van der Waals surface area contributed by atoms with Crippen molar-refractivity contribution in [3.8, 4) is 11.5 Å². The summed E-state index contributed by atoms with van der Waals surface area (Å²) in [5.74, 6) is 0.951. The summed E-state index contributed by atoms with van der Waals surface area (Å²) < 4.78 is 46.6. The maximum absolute atomic E-state index is 11.9. The van der Waals surface area contributed by atoms with Crippen LogP contribution in [0.4, 0.5) is 13.2 Å². The molecule has 0 aliphatic carbocycles. The van der Waals surface area contributed by atoms with Crippen LogP contribution < -0.4 is 15.0 Å². The van der Waals surface area contributed by atoms with Crippen molar-refractivity contribution in [1.29, 1.82) is 0 Å². The van der Waals surface area contributed by atoms with Crippen molar-refractivity contribution in [2.45, 2.75) is 19.1 Å². The second-order valence-electron chi connectivity index (χ2n) is 4.18. The van der Waals surface area contributed by atoms with Gasteiger partial charge in [0.1, 0.15) is 0 Å². The average molecular weight is 312 g/mol. The number of benzene rings is 1. The molecular weight excluding hydrogens is 299 g/mol. The largest absolute Gasteiger partial charge is 0.489 e. The maximum Gasteiger partial charge on any atom is 0.413 e. The van der Waals surface area contributed by atoms with Gasteiger partial charge in [0.2, 0.25) is 0 Å². The van der Waals surface area contributed by atoms with Gasteiger partial charge in [-0.15, -0.1) is 0 Å². The lowest BCUT2D eigenvalue weighted by atomic mass is 10.2. The average Bonchev–Trinajstić information content (AvgIpc) is 2.59. The Morgan fingerprint density at radius 1 is 1.25 bits per heavy atom. The first-order chi connectivity index (χ1) is 9.46. The Kier molecular flexibility index (Phi) is 4.95. The summed E-state index contributed by atoms with van der Waals surface area (Å²) in [5.41, 5.74) is 2.87. The lowest BCUT2D eigenvalue weighted by Crippen LogP contribution is -2.24. The fraction of sp³-hybridized carbons (Fsp3) is 0.500. The highest BCUT2D eigenvalue weighted by atomic mass is 35.5. The maximum atomic E-state index is 11.9. The molecule has 1 aromatic carbocycles. The number of hydroxylamine groups is 1. The van der Waals surface area contributed by atoms with Crippen LogP contribution >= 0.6 is 11.6 Å². The molecule has 0 fully saturated rings. The van der Waals surface area contributed by atoms with Gasteiger partial charge in [-0.05, 0) is 17.7 Å². The molecular formula is C12H13ClF3NO3. The molecule has 0 saturated heterocycles. The molecule has 0 bridgehead atoms. The fourth-order valence-electron chi connectivity index (χ4n) is 1.65. The number of hydrogen-bond acceptors (Lipinski definition) is 4. The first-order valence-corrected chi connectivity index (χ1v) is 6.33. The Balaban J connectivity index is 1.96. The lowest BCUT2D eigenvalue weighted by molar-refractivity contribution is -0.190. The van der Waals surface area contributed by atoms with Crippen molar-refractivity contribution in [3.63, 3.8) is 0 Å². The van der Waals surface area contributed by atoms with Gasteiger partial charge >= 0.3 is 6.18 Å². The van der Waals surface area contributed by atoms with E-state index >= 15 is 0 Å². The van der Waals surface area contributed by atoms with Crippen LogP contribution in [0.3, 0.4) is 0 Å². The minimum Gasteiger partial charge on any atom is -0.489 e. The second-order valence-corrected chi connectivity index (χ2v) is 4.59. The summed E-state index contributed by atoms with van der Waals surface area (Å²) >= 11 is 6.05. The number of alkyl halides is 3. The SMILES string of the molecule is FC(F)(F)CONCc1cc(Cl)c2c(c1)OCCCO2. The molecule has 0 spiro atoms. The van der Waals surface area contributed by atoms with Crippen LogP contribution in [0.1, 0.15) is 12.0 Å². The normalized spacial score (nSPS) is 15.0. The van der Waals surface area contributed by atoms with Crippen LogP contribution in [0.2, 0.25) is 5.02 Å². The summed E-state index contributed by atoms with van der Waals surface area (Å²) in [6, 6.07) is 3.26. The van der Waals surface area contributed by atoms with Gasteiger partial charge in [-0.3, -0.25) is 4.84 Å². The zero-order valence-corrected chi connectivity index (χ0v) is 11.2. The van der Waals surface area contributed by atoms with E-state index < -0.39 is 12.8 Å². The van der Waals surface area contributed by atoms with Gasteiger partial charge in [0, 0.05) is 13.0 Å². The van der Waals surface area contributed by atoms with Crippen LogP contribution in [-0.2, 0) is 11.4 Å². The van der Waals surface area contributed by atoms with Gasteiger partial charge in [-0.1, -0.05) is 11.6 Å². The van der Waals surface area contributed by atoms with E-state index in [1.165, 1.54) is 0 Å². The number of hydrogen-bond donors (Lipinski definition) is 1. The van der Waals surface area contributed by atoms with Crippen molar-refractivity contribution in [2.24, 2.45) is 0 Å². The van der Waals surface area contributed by atoms with E-state index in [2.05, 4.69) is 10.3 Å². The van der Waals surface area contributed by atoms with Gasteiger partial charge in [0.15, 0.2) is 18.1 Å². The third kappa shape index (κ3) is 4.43. The van der Waals surface area contributed by atoms with Crippen molar-refractivity contribution in [2.75, 3.05) is 19.8 Å². The summed E-state index contributed by atoms with van der Waals surface area (Å²) in [6.07, 6.45) is -3.62. The lowest BCUT2D eigenvalue weighted by Gasteiger charge is -2.12. The number of ether oxygens (including phenoxy) is 2. The number of fused-ring (bicyclic) bond motifs is 1. The highest BCUT2D eigenvalue weighted by Gasteiger charge is 2.27. The predicted octanol–water partition coefficient (Wildman–Crippen LogP) is 3.08. The molecule has 0 saturated carbocycles. The highest BCUT2D eigenvalue weighted by molar-refractivity contribution is 6.32. The molecule has 1 aromatic rings. The Bertz CT molecular complexity index is 468. The standard InChI is InChI=1S/C12H13ClF3NO3/c13-9-4-8(6-17-20-7-12(14,15)16)5-10-11(9)19-3-1-2-18-10/h4-5,17H,1-3,6-7H2. The second kappa shape index (κ2) is 6.51. The molecule has 0 amide bonds. The molecule has 4 nitrogen and oxygen atoms in total. The topological polar surface area (TPSA) is 39.7 Å². The van der Waals surface area contributed by atoms with E-state index in [1.54, 1.807) is 12.1 Å². The Hall–Kier alpha value is -1.18. The van der Waals surface area contributed by atoms with Crippen molar-refractivity contribution >= 4 is 11.6 Å². The third-order valence-electron chi connectivity index (χ3n) is 2.48. The van der Waals surface area contributed by atoms with E-state index in [-0.39, 0.29) is 6.54 Å². The van der Waals surface area contributed by atoms with Crippen LogP contribution in [0.5, 0.6) is 11.5 Å². The van der Waals surface area contributed by atoms with Crippen molar-refractivity contribution in [3.05, 3.63) is 22.7 Å². The predicted molar refractivity (Wildman–Crippen MR) is 65.9 cm³/mol. The molecule has 1 aliphatic rings. The molecule has 20 heavy (non-hydrogen) atoms. The molecule has 112 valence electrons. The summed E-state index contributed by atoms with van der Waals surface area (Å²) in [7, 11) is 0. The molecule has 1 aliphatic heterocycles. The van der Waals surface area contributed by atoms with E-state index in [9.17, 15) is 13.2 Å². The summed E-state index contributed by atoms with van der Waals surface area (Å²) in [5, 5.41) is 0.358. The minimum absolute atomic E-state index is 0.0758. The van der Waals surface area contributed by atoms with Gasteiger partial charge in [0.25, 0.3) is 0 Å². The first-order valence-electron chi connectivity index (χ1n) is 5.95. The van der Waals surface area contributed by atoms with Gasteiger partial charge in [-0.2, -0.15) is 18.7 Å². The van der Waals surface area contributed by atoms with Gasteiger partial charge in [0.05, 0.1) is 18.2 Å². The molecule has 0 atom stereocenters. The minimum atomic E-state index is -4.37. The molecule has 2 rings (SSSR count). The van der Waals surface area contributed by atoms with E-state index in [4.69, 9.17) is 21.1 Å². The van der Waals surface area contributed by atoms with E-state index in [1.807, 2.05) is 0 Å². The Morgan fingerprint density at radius 2 is 2.00 bits per heavy atom. The molecule has 0 radical (unpaired) electrons. The summed E-state index contributed by atoms with van der Waals surface area (Å²) in [6.45, 7) is -0.262. The van der Waals surface area contributed by atoms with Crippen LogP contribution in [0, 0.1) is 0 Å². The quantitative estimate of drug-likeness (QED) is 0.685. The smallest absolute Gasteiger partial charge is 0.413 e. The number of halogens is 4. The van der Waals surface area contributed by atoms with E-state index in [0.717, 1.165) is 6.42 Å². The summed E-state index contributed by atoms with van der Waals surface area (Å²) in [4.78, 5) is 4.32. The van der Waals surface area contributed by atoms with Crippen molar-refractivity contribution in [1.82, 2.24) is 5.48 Å². The molecule has 1 N–H and O–H groups in total. The third-order valence-corrected chi connectivity index (χ3v) is 2.76. The van der Waals surface area contributed by atoms with Crippen LogP contribution in [-0.4, -0.2) is 26.0 Å². The van der Waals surface area contributed by atoms with Crippen LogP contribution in [0.25, 0.3) is 0 Å². The molecule has 1 heterocycles. The number of rotatable bonds is 4. The number of nitrogens with one attached hydrogen (secondary N) is 1. The molecule has 8 heteroatoms. The van der Waals surface area contributed by atoms with Gasteiger partial charge in [-0.25, -0.2) is 0 Å². The fourth-order valence-corrected chi connectivity index (χ4v) is 1.94. The zero-order chi connectivity index (χ0) is 14.6. The highest BCUT2D eigenvalue weighted by Crippen LogP contribution is 2.37. The monoisotopic (exact) mass is 311 g/mol. The molecule has 0 unspecified atom stereocenters. The van der Waals surface area contributed by atoms with Gasteiger partial charge < -0.3 is 9.47 Å². The Morgan fingerprint density at radius 3 is 2.75 bits per heavy atom. The van der Waals surface area contributed by atoms with E-state index in [0.29, 0.717) is 35.3 Å². The van der Waals surface area contributed by atoms with Crippen LogP contribution in [0.15, 0.2) is 12.1 Å².